The number of pyridine rings is 1. The molecule has 6 heterocycles. The Balaban J connectivity index is 0.000000839. The minimum Gasteiger partial charge on any atom is -0.756 e. The first-order chi connectivity index (χ1) is 27.4. The summed E-state index contributed by atoms with van der Waals surface area (Å²) in [5.41, 5.74) is 11.3. The Labute approximate surface area is 329 Å². The van der Waals surface area contributed by atoms with Gasteiger partial charge in [0.1, 0.15) is 42.4 Å². The van der Waals surface area contributed by atoms with Crippen LogP contribution in [-0.2, 0) is 32.0 Å². The number of hydrogen-bond acceptors (Lipinski definition) is 20. The number of nitrogens with zero attached hydrogens (tertiary/aromatic N) is 6. The molecule has 2 saturated heterocycles. The third-order valence-electron chi connectivity index (χ3n) is 9.14. The van der Waals surface area contributed by atoms with Gasteiger partial charge in [0.05, 0.1) is 13.2 Å². The van der Waals surface area contributed by atoms with Crippen molar-refractivity contribution in [3.63, 3.8) is 0 Å². The van der Waals surface area contributed by atoms with E-state index in [-0.39, 0.29) is 39.9 Å². The van der Waals surface area contributed by atoms with E-state index in [0.717, 1.165) is 6.33 Å². The average molecular weight is 859 g/mol. The Morgan fingerprint density at radius 2 is 1.66 bits per heavy atom. The molecule has 4 aromatic rings. The molecule has 0 radical (unpaired) electrons. The number of aliphatic hydroxyl groups excluding tert-OH is 4. The second-order valence-electron chi connectivity index (χ2n) is 12.8. The number of amides is 1. The maximum atomic E-state index is 12.6. The van der Waals surface area contributed by atoms with Gasteiger partial charge in [-0.2, -0.15) is 4.57 Å². The first kappa shape index (κ1) is 45.0. The summed E-state index contributed by atoms with van der Waals surface area (Å²) in [7, 11) is -11.2. The standard InChI is InChI=1S/C26H29N7O16P2.C6H15N/c27-21-16-24(30-10-29-21)33(23(31-16)13-4-3-12(7-34)46-13)26-20(38)18(36)15(48-26)9-45-51(42,43)49-50(40,41)44-8-14-17(35)19(37)25(47-14)32-5-1-2-11(6-32)22(28)39;1-4-7(5-2)6-3/h1-7,10,14-15,17-20,25-26,35-38H,8-9H2,(H5-,27,28,29,30,34,39,40,41,42,43);4-6H2,1-3H3/t14-,15-,17-,18-,19-,20-,25-,26-;/m1./s1. The minimum atomic E-state index is -5.69. The van der Waals surface area contributed by atoms with Gasteiger partial charge in [0.15, 0.2) is 65.3 Å². The highest BCUT2D eigenvalue weighted by atomic mass is 31.3. The third kappa shape index (κ3) is 10.2. The number of aliphatic hydroxyl groups is 4. The molecule has 0 spiro atoms. The molecular weight excluding hydrogens is 814 g/mol. The van der Waals surface area contributed by atoms with Crippen LogP contribution in [0.4, 0.5) is 5.82 Å². The number of aromatic nitrogens is 5. The molecule has 58 heavy (non-hydrogen) atoms. The molecule has 1 amide bonds. The van der Waals surface area contributed by atoms with E-state index in [9.17, 15) is 48.9 Å². The van der Waals surface area contributed by atoms with Crippen LogP contribution >= 0.6 is 15.6 Å². The van der Waals surface area contributed by atoms with Crippen molar-refractivity contribution in [2.75, 3.05) is 38.6 Å². The van der Waals surface area contributed by atoms with Gasteiger partial charge in [0, 0.05) is 6.07 Å². The van der Waals surface area contributed by atoms with Crippen molar-refractivity contribution in [3.05, 3.63) is 54.3 Å². The lowest BCUT2D eigenvalue weighted by Crippen LogP contribution is -2.46. The maximum absolute atomic E-state index is 12.6. The number of carbonyl (C=O) groups is 2. The van der Waals surface area contributed by atoms with Crippen LogP contribution < -0.4 is 20.9 Å². The van der Waals surface area contributed by atoms with Crippen LogP contribution in [0.2, 0.25) is 0 Å². The van der Waals surface area contributed by atoms with Crippen molar-refractivity contribution in [2.45, 2.75) is 69.9 Å². The van der Waals surface area contributed by atoms with E-state index < -0.39 is 83.8 Å². The molecule has 26 heteroatoms. The lowest BCUT2D eigenvalue weighted by molar-refractivity contribution is -0.765. The van der Waals surface area contributed by atoms with Crippen LogP contribution in [-0.4, -0.2) is 131 Å². The number of primary amides is 1. The highest BCUT2D eigenvalue weighted by molar-refractivity contribution is 7.60. The van der Waals surface area contributed by atoms with Crippen LogP contribution in [0.5, 0.6) is 0 Å². The molecule has 0 saturated carbocycles. The number of aldehydes is 1. The van der Waals surface area contributed by atoms with Crippen molar-refractivity contribution >= 4 is 44.8 Å². The summed E-state index contributed by atoms with van der Waals surface area (Å²) in [6, 6.07) is 5.52. The van der Waals surface area contributed by atoms with E-state index in [1.54, 1.807) is 0 Å². The number of nitrogens with two attached hydrogens (primary N) is 2. The predicted molar refractivity (Wildman–Crippen MR) is 194 cm³/mol. The number of phosphoric ester groups is 2. The number of carbonyl (C=O) groups excluding carboxylic acids is 2. The highest BCUT2D eigenvalue weighted by Crippen LogP contribution is 2.58. The zero-order valence-corrected chi connectivity index (χ0v) is 33.0. The van der Waals surface area contributed by atoms with E-state index in [4.69, 9.17) is 29.9 Å². The molecule has 10 atom stereocenters. The summed E-state index contributed by atoms with van der Waals surface area (Å²) in [6.45, 7) is 8.11. The Kier molecular flexibility index (Phi) is 14.6. The fraction of sp³-hybridized carbons (Fsp3) is 0.500. The summed E-state index contributed by atoms with van der Waals surface area (Å²) in [5, 5.41) is 42.5. The molecule has 6 rings (SSSR count). The van der Waals surface area contributed by atoms with E-state index in [0.29, 0.717) is 6.29 Å². The summed E-state index contributed by atoms with van der Waals surface area (Å²) in [6.07, 6.45) is -8.71. The second kappa shape index (κ2) is 18.9. The SMILES string of the molecule is CCN(CC)CC.NC(=O)c1ccc[n+]([C@@H]2O[C@H](COP(=O)([O-])OP(=O)(O)OC[C@H]3O[C@@H](n4c(-c5ccc(C=O)o5)nc5c(N)ncnc54)[C@H](O)[C@@H]3O)[C@@H](O)[C@H]2O)c1. The van der Waals surface area contributed by atoms with Crippen molar-refractivity contribution in [2.24, 2.45) is 5.73 Å². The maximum Gasteiger partial charge on any atom is 0.478 e. The molecule has 2 aliphatic rings. The molecular formula is C32H44N8O16P2. The molecule has 0 aliphatic carbocycles. The molecule has 2 fully saturated rings. The van der Waals surface area contributed by atoms with Gasteiger partial charge in [-0.25, -0.2) is 23.8 Å². The smallest absolute Gasteiger partial charge is 0.478 e. The summed E-state index contributed by atoms with van der Waals surface area (Å²) in [4.78, 5) is 60.0. The quantitative estimate of drug-likeness (QED) is 0.0394. The summed E-state index contributed by atoms with van der Waals surface area (Å²) >= 11 is 0. The second-order valence-corrected chi connectivity index (χ2v) is 15.8. The summed E-state index contributed by atoms with van der Waals surface area (Å²) in [5.74, 6) is -0.978. The van der Waals surface area contributed by atoms with Gasteiger partial charge < -0.3 is 65.0 Å². The monoisotopic (exact) mass is 858 g/mol. The van der Waals surface area contributed by atoms with Crippen LogP contribution in [0, 0.1) is 0 Å². The first-order valence-electron chi connectivity index (χ1n) is 17.7. The Morgan fingerprint density at radius 1 is 1.00 bits per heavy atom. The molecule has 4 aromatic heterocycles. The van der Waals surface area contributed by atoms with E-state index in [2.05, 4.69) is 49.5 Å². The number of phosphoric acid groups is 2. The lowest BCUT2D eigenvalue weighted by atomic mass is 10.1. The Bertz CT molecular complexity index is 2150. The molecule has 318 valence electrons. The van der Waals surface area contributed by atoms with Gasteiger partial charge in [0.25, 0.3) is 20.0 Å². The van der Waals surface area contributed by atoms with Crippen molar-refractivity contribution < 1.29 is 80.7 Å². The van der Waals surface area contributed by atoms with Crippen LogP contribution in [0.25, 0.3) is 22.7 Å². The fourth-order valence-electron chi connectivity index (χ4n) is 6.04. The lowest BCUT2D eigenvalue weighted by Gasteiger charge is -2.26. The Morgan fingerprint density at radius 3 is 2.28 bits per heavy atom. The number of rotatable bonds is 16. The molecule has 0 aromatic carbocycles. The zero-order chi connectivity index (χ0) is 42.5. The van der Waals surface area contributed by atoms with E-state index in [1.165, 1.54) is 65.4 Å². The van der Waals surface area contributed by atoms with Crippen LogP contribution in [0.15, 0.2) is 47.4 Å². The first-order valence-corrected chi connectivity index (χ1v) is 20.6. The summed E-state index contributed by atoms with van der Waals surface area (Å²) < 4.78 is 57.7. The highest BCUT2D eigenvalue weighted by Gasteiger charge is 2.50. The third-order valence-corrected chi connectivity index (χ3v) is 11.7. The van der Waals surface area contributed by atoms with Gasteiger partial charge in [-0.3, -0.25) is 23.2 Å². The van der Waals surface area contributed by atoms with Gasteiger partial charge in [-0.1, -0.05) is 20.8 Å². The van der Waals surface area contributed by atoms with E-state index >= 15 is 0 Å². The topological polar surface area (TPSA) is 355 Å². The molecule has 24 nitrogen and oxygen atoms in total. The number of furan rings is 1. The molecule has 2 unspecified atom stereocenters. The number of ether oxygens (including phenoxy) is 2. The Hall–Kier alpha value is -4.10. The van der Waals surface area contributed by atoms with Gasteiger partial charge in [0.2, 0.25) is 0 Å². The van der Waals surface area contributed by atoms with Crippen LogP contribution in [0.3, 0.4) is 0 Å². The largest absolute Gasteiger partial charge is 0.756 e. The van der Waals surface area contributed by atoms with Crippen LogP contribution in [0.1, 0.15) is 54.1 Å². The van der Waals surface area contributed by atoms with E-state index in [1.807, 2.05) is 0 Å². The van der Waals surface area contributed by atoms with Gasteiger partial charge >= 0.3 is 7.82 Å². The normalized spacial score (nSPS) is 26.6. The number of fused-ring (bicyclic) bond motifs is 1. The van der Waals surface area contributed by atoms with Crippen molar-refractivity contribution in [1.29, 1.82) is 0 Å². The van der Waals surface area contributed by atoms with Crippen molar-refractivity contribution in [1.82, 2.24) is 24.4 Å². The minimum absolute atomic E-state index is 0.00736. The molecule has 9 N–H and O–H groups in total. The fourth-order valence-corrected chi connectivity index (χ4v) is 8.10. The number of nitrogen functional groups attached to an aromatic ring is 1. The number of anilines is 1. The number of hydrogen-bond donors (Lipinski definition) is 7. The molecule has 0 bridgehead atoms. The number of imidazole rings is 1. The average Bonchev–Trinajstić information content (AvgIpc) is 3.95. The van der Waals surface area contributed by atoms with Crippen molar-refractivity contribution in [3.8, 4) is 11.6 Å². The van der Waals surface area contributed by atoms with Gasteiger partial charge in [-0.05, 0) is 37.8 Å². The zero-order valence-electron chi connectivity index (χ0n) is 31.2. The predicted octanol–water partition coefficient (Wildman–Crippen LogP) is -1.23. The molecule has 2 aliphatic heterocycles. The van der Waals surface area contributed by atoms with Gasteiger partial charge in [-0.15, -0.1) is 0 Å².